The molecule has 0 fully saturated rings. The van der Waals surface area contributed by atoms with E-state index in [0.717, 1.165) is 17.3 Å². The number of hydrogen-bond acceptors (Lipinski definition) is 2. The molecule has 1 aromatic heterocycles. The van der Waals surface area contributed by atoms with E-state index in [-0.39, 0.29) is 5.91 Å². The molecule has 1 N–H and O–H groups in total. The second-order valence-electron chi connectivity index (χ2n) is 3.85. The van der Waals surface area contributed by atoms with Gasteiger partial charge in [0.25, 0.3) is 5.91 Å². The molecule has 1 rings (SSSR count). The molecule has 5 heteroatoms. The number of alkyl halides is 1. The summed E-state index contributed by atoms with van der Waals surface area (Å²) in [6.45, 7) is 2.76. The van der Waals surface area contributed by atoms with Crippen LogP contribution < -0.4 is 5.32 Å². The Balaban J connectivity index is 2.49. The maximum Gasteiger partial charge on any atom is 0.252 e. The first-order valence-corrected chi connectivity index (χ1v) is 6.94. The number of amides is 1. The number of rotatable bonds is 6. The van der Waals surface area contributed by atoms with Gasteiger partial charge in [-0.2, -0.15) is 0 Å². The van der Waals surface area contributed by atoms with Gasteiger partial charge >= 0.3 is 0 Å². The smallest absolute Gasteiger partial charge is 0.252 e. The van der Waals surface area contributed by atoms with Gasteiger partial charge in [-0.25, -0.2) is 0 Å². The van der Waals surface area contributed by atoms with Crippen molar-refractivity contribution < 1.29 is 4.79 Å². The molecule has 0 bridgehead atoms. The van der Waals surface area contributed by atoms with Gasteiger partial charge < -0.3 is 5.32 Å². The number of halogens is 2. The average Bonchev–Trinajstić information content (AvgIpc) is 2.34. The predicted molar refractivity (Wildman–Crippen MR) is 73.4 cm³/mol. The second kappa shape index (κ2) is 7.67. The van der Waals surface area contributed by atoms with Gasteiger partial charge in [-0.05, 0) is 34.3 Å². The molecular weight excluding hydrogens is 304 g/mol. The highest BCUT2D eigenvalue weighted by atomic mass is 79.9. The highest BCUT2D eigenvalue weighted by Gasteiger charge is 2.10. The normalized spacial score (nSPS) is 12.2. The summed E-state index contributed by atoms with van der Waals surface area (Å²) >= 11 is 8.99. The highest BCUT2D eigenvalue weighted by Crippen LogP contribution is 2.11. The zero-order valence-electron chi connectivity index (χ0n) is 9.75. The highest BCUT2D eigenvalue weighted by molar-refractivity contribution is 9.10. The lowest BCUT2D eigenvalue weighted by atomic mass is 10.0. The first kappa shape index (κ1) is 14.5. The molecule has 0 spiro atoms. The van der Waals surface area contributed by atoms with E-state index < -0.39 is 0 Å². The molecule has 0 aliphatic heterocycles. The standard InChI is InChI=1S/C12H16BrClN2O/c1-2-9(3-4-14)6-16-12(17)10-5-11(13)8-15-7-10/h5,7-9H,2-4,6H2,1H3,(H,16,17). The zero-order chi connectivity index (χ0) is 12.7. The Morgan fingerprint density at radius 2 is 2.35 bits per heavy atom. The molecule has 0 aliphatic rings. The molecule has 1 heterocycles. The lowest BCUT2D eigenvalue weighted by molar-refractivity contribution is 0.0946. The fourth-order valence-electron chi connectivity index (χ4n) is 1.48. The van der Waals surface area contributed by atoms with Crippen molar-refractivity contribution in [2.24, 2.45) is 5.92 Å². The van der Waals surface area contributed by atoms with Crippen molar-refractivity contribution in [2.75, 3.05) is 12.4 Å². The van der Waals surface area contributed by atoms with Crippen LogP contribution in [-0.4, -0.2) is 23.3 Å². The van der Waals surface area contributed by atoms with E-state index in [1.54, 1.807) is 18.5 Å². The molecule has 0 saturated heterocycles. The lowest BCUT2D eigenvalue weighted by Crippen LogP contribution is -2.29. The van der Waals surface area contributed by atoms with Crippen LogP contribution >= 0.6 is 27.5 Å². The van der Waals surface area contributed by atoms with Crippen molar-refractivity contribution in [1.29, 1.82) is 0 Å². The summed E-state index contributed by atoms with van der Waals surface area (Å²) < 4.78 is 0.804. The summed E-state index contributed by atoms with van der Waals surface area (Å²) in [6.07, 6.45) is 5.15. The zero-order valence-corrected chi connectivity index (χ0v) is 12.1. The molecule has 1 unspecified atom stereocenters. The van der Waals surface area contributed by atoms with E-state index in [2.05, 4.69) is 33.2 Å². The Morgan fingerprint density at radius 3 is 2.94 bits per heavy atom. The molecular formula is C12H16BrClN2O. The van der Waals surface area contributed by atoms with Gasteiger partial charge in [0.15, 0.2) is 0 Å². The quantitative estimate of drug-likeness (QED) is 0.818. The summed E-state index contributed by atoms with van der Waals surface area (Å²) in [7, 11) is 0. The summed E-state index contributed by atoms with van der Waals surface area (Å²) in [5.74, 6) is 0.982. The summed E-state index contributed by atoms with van der Waals surface area (Å²) in [5.41, 5.74) is 0.570. The van der Waals surface area contributed by atoms with Crippen LogP contribution in [0.15, 0.2) is 22.9 Å². The molecule has 17 heavy (non-hydrogen) atoms. The maximum absolute atomic E-state index is 11.8. The molecule has 0 aromatic carbocycles. The van der Waals surface area contributed by atoms with Crippen LogP contribution in [0, 0.1) is 5.92 Å². The van der Waals surface area contributed by atoms with Gasteiger partial charge in [-0.15, -0.1) is 11.6 Å². The van der Waals surface area contributed by atoms with E-state index in [9.17, 15) is 4.79 Å². The largest absolute Gasteiger partial charge is 0.352 e. The monoisotopic (exact) mass is 318 g/mol. The average molecular weight is 320 g/mol. The van der Waals surface area contributed by atoms with E-state index in [0.29, 0.717) is 23.9 Å². The molecule has 0 saturated carbocycles. The van der Waals surface area contributed by atoms with Crippen molar-refractivity contribution in [3.8, 4) is 0 Å². The van der Waals surface area contributed by atoms with Gasteiger partial charge in [-0.3, -0.25) is 9.78 Å². The summed E-state index contributed by atoms with van der Waals surface area (Å²) in [5, 5.41) is 2.90. The first-order valence-electron chi connectivity index (χ1n) is 5.62. The van der Waals surface area contributed by atoms with Crippen LogP contribution in [0.1, 0.15) is 30.1 Å². The van der Waals surface area contributed by atoms with Crippen LogP contribution in [0.25, 0.3) is 0 Å². The van der Waals surface area contributed by atoms with Crippen molar-refractivity contribution in [2.45, 2.75) is 19.8 Å². The van der Waals surface area contributed by atoms with E-state index in [1.165, 1.54) is 0 Å². The minimum atomic E-state index is -0.0909. The third-order valence-corrected chi connectivity index (χ3v) is 3.26. The van der Waals surface area contributed by atoms with Gasteiger partial charge in [0.1, 0.15) is 0 Å². The molecule has 1 amide bonds. The Kier molecular flexibility index (Phi) is 6.52. The molecule has 94 valence electrons. The van der Waals surface area contributed by atoms with Crippen LogP contribution in [0.3, 0.4) is 0 Å². The van der Waals surface area contributed by atoms with E-state index >= 15 is 0 Å². The van der Waals surface area contributed by atoms with Gasteiger partial charge in [0.2, 0.25) is 0 Å². The Morgan fingerprint density at radius 1 is 1.59 bits per heavy atom. The SMILES string of the molecule is CCC(CCCl)CNC(=O)c1cncc(Br)c1. The van der Waals surface area contributed by atoms with E-state index in [1.807, 2.05) is 0 Å². The minimum absolute atomic E-state index is 0.0909. The van der Waals surface area contributed by atoms with E-state index in [4.69, 9.17) is 11.6 Å². The number of nitrogens with one attached hydrogen (secondary N) is 1. The van der Waals surface area contributed by atoms with Crippen molar-refractivity contribution in [1.82, 2.24) is 10.3 Å². The third kappa shape index (κ3) is 5.04. The van der Waals surface area contributed by atoms with Gasteiger partial charge in [0.05, 0.1) is 5.56 Å². The number of carbonyl (C=O) groups excluding carboxylic acids is 1. The van der Waals surface area contributed by atoms with Crippen LogP contribution in [0.2, 0.25) is 0 Å². The summed E-state index contributed by atoms with van der Waals surface area (Å²) in [6, 6.07) is 1.75. The van der Waals surface area contributed by atoms with Crippen LogP contribution in [0.4, 0.5) is 0 Å². The Labute approximate surface area is 115 Å². The minimum Gasteiger partial charge on any atom is -0.352 e. The molecule has 1 aromatic rings. The number of carbonyl (C=O) groups is 1. The Bertz CT molecular complexity index is 373. The van der Waals surface area contributed by atoms with Crippen LogP contribution in [-0.2, 0) is 0 Å². The lowest BCUT2D eigenvalue weighted by Gasteiger charge is -2.14. The number of aromatic nitrogens is 1. The molecule has 0 aliphatic carbocycles. The fraction of sp³-hybridized carbons (Fsp3) is 0.500. The fourth-order valence-corrected chi connectivity index (χ4v) is 2.15. The third-order valence-electron chi connectivity index (χ3n) is 2.61. The van der Waals surface area contributed by atoms with Gasteiger partial charge in [-0.1, -0.05) is 13.3 Å². The first-order chi connectivity index (χ1) is 8.17. The second-order valence-corrected chi connectivity index (χ2v) is 5.15. The van der Waals surface area contributed by atoms with Crippen molar-refractivity contribution in [3.63, 3.8) is 0 Å². The molecule has 0 radical (unpaired) electrons. The van der Waals surface area contributed by atoms with Gasteiger partial charge in [0, 0.05) is 29.3 Å². The Hall–Kier alpha value is -0.610. The number of nitrogens with zero attached hydrogens (tertiary/aromatic N) is 1. The van der Waals surface area contributed by atoms with Crippen molar-refractivity contribution >= 4 is 33.4 Å². The number of hydrogen-bond donors (Lipinski definition) is 1. The molecule has 1 atom stereocenters. The predicted octanol–water partition coefficient (Wildman–Crippen LogP) is 3.23. The topological polar surface area (TPSA) is 42.0 Å². The number of pyridine rings is 1. The van der Waals surface area contributed by atoms with Crippen LogP contribution in [0.5, 0.6) is 0 Å². The van der Waals surface area contributed by atoms with Crippen molar-refractivity contribution in [3.05, 3.63) is 28.5 Å². The summed E-state index contributed by atoms with van der Waals surface area (Å²) in [4.78, 5) is 15.8. The molecule has 3 nitrogen and oxygen atoms in total. The maximum atomic E-state index is 11.8.